The number of hydrogen-bond donors (Lipinski definition) is 1. The van der Waals surface area contributed by atoms with Crippen molar-refractivity contribution in [3.8, 4) is 17.1 Å². The minimum atomic E-state index is -0.332. The van der Waals surface area contributed by atoms with Crippen molar-refractivity contribution in [2.45, 2.75) is 26.0 Å². The van der Waals surface area contributed by atoms with Gasteiger partial charge in [-0.2, -0.15) is 0 Å². The van der Waals surface area contributed by atoms with Crippen LogP contribution in [0.15, 0.2) is 53.3 Å². The molecule has 1 aliphatic heterocycles. The number of phenols is 1. The third kappa shape index (κ3) is 3.40. The standard InChI is InChI=1S/C23H19FN2O3S/c24-16-5-3-15(4-6-16)21-25-22-20(18-10-12-29-13-19(18)30-22)23(28)26(21)11-9-14-1-7-17(27)8-2-14/h1-8,27H,9-13H2. The second-order valence-corrected chi connectivity index (χ2v) is 8.39. The van der Waals surface area contributed by atoms with E-state index in [1.54, 1.807) is 28.8 Å². The second kappa shape index (κ2) is 7.66. The Kier molecular flexibility index (Phi) is 4.84. The van der Waals surface area contributed by atoms with Crippen LogP contribution in [0.3, 0.4) is 0 Å². The molecule has 3 heterocycles. The van der Waals surface area contributed by atoms with Crippen molar-refractivity contribution in [3.05, 3.63) is 80.7 Å². The molecule has 30 heavy (non-hydrogen) atoms. The largest absolute Gasteiger partial charge is 0.508 e. The van der Waals surface area contributed by atoms with Gasteiger partial charge in [0.1, 0.15) is 22.2 Å². The van der Waals surface area contributed by atoms with Crippen molar-refractivity contribution in [1.29, 1.82) is 0 Å². The quantitative estimate of drug-likeness (QED) is 0.533. The van der Waals surface area contributed by atoms with Gasteiger partial charge < -0.3 is 9.84 Å². The van der Waals surface area contributed by atoms with Gasteiger partial charge in [0, 0.05) is 17.0 Å². The molecule has 5 nitrogen and oxygen atoms in total. The molecule has 1 aliphatic rings. The Morgan fingerprint density at radius 1 is 1.13 bits per heavy atom. The molecule has 0 spiro atoms. The normalized spacial score (nSPS) is 13.5. The smallest absolute Gasteiger partial charge is 0.262 e. The fourth-order valence-corrected chi connectivity index (χ4v) is 4.98. The summed E-state index contributed by atoms with van der Waals surface area (Å²) in [7, 11) is 0. The number of thiophene rings is 1. The van der Waals surface area contributed by atoms with Crippen LogP contribution < -0.4 is 5.56 Å². The van der Waals surface area contributed by atoms with Crippen LogP contribution in [0.4, 0.5) is 4.39 Å². The topological polar surface area (TPSA) is 64.4 Å². The van der Waals surface area contributed by atoms with Gasteiger partial charge in [-0.15, -0.1) is 11.3 Å². The molecule has 152 valence electrons. The SMILES string of the molecule is O=c1c2c3c(sc2nc(-c2ccc(F)cc2)n1CCc1ccc(O)cc1)COCC3. The molecule has 2 aromatic carbocycles. The number of benzene rings is 2. The number of fused-ring (bicyclic) bond motifs is 3. The summed E-state index contributed by atoms with van der Waals surface area (Å²) in [4.78, 5) is 20.2. The summed E-state index contributed by atoms with van der Waals surface area (Å²) >= 11 is 1.50. The molecular weight excluding hydrogens is 403 g/mol. The van der Waals surface area contributed by atoms with E-state index in [0.29, 0.717) is 54.2 Å². The van der Waals surface area contributed by atoms with Crippen molar-refractivity contribution < 1.29 is 14.2 Å². The summed E-state index contributed by atoms with van der Waals surface area (Å²) in [6.07, 6.45) is 1.32. The maximum atomic E-state index is 13.6. The third-order valence-electron chi connectivity index (χ3n) is 5.39. The first-order chi connectivity index (χ1) is 14.6. The zero-order valence-electron chi connectivity index (χ0n) is 16.1. The fourth-order valence-electron chi connectivity index (χ4n) is 3.84. The molecule has 0 saturated carbocycles. The summed E-state index contributed by atoms with van der Waals surface area (Å²) in [5.74, 6) is 0.408. The Balaban J connectivity index is 1.65. The van der Waals surface area contributed by atoms with Crippen LogP contribution in [-0.4, -0.2) is 21.3 Å². The molecule has 5 rings (SSSR count). The highest BCUT2D eigenvalue weighted by atomic mass is 32.1. The molecular formula is C23H19FN2O3S. The van der Waals surface area contributed by atoms with Crippen LogP contribution in [0.1, 0.15) is 16.0 Å². The lowest BCUT2D eigenvalue weighted by Gasteiger charge is -2.14. The van der Waals surface area contributed by atoms with E-state index >= 15 is 0 Å². The van der Waals surface area contributed by atoms with E-state index < -0.39 is 0 Å². The molecule has 0 saturated heterocycles. The zero-order valence-corrected chi connectivity index (χ0v) is 16.9. The number of phenolic OH excluding ortho intramolecular Hbond substituents is 1. The molecule has 0 bridgehead atoms. The van der Waals surface area contributed by atoms with E-state index in [0.717, 1.165) is 16.0 Å². The molecule has 0 unspecified atom stereocenters. The van der Waals surface area contributed by atoms with Gasteiger partial charge in [0.25, 0.3) is 5.56 Å². The van der Waals surface area contributed by atoms with Crippen LogP contribution in [0.5, 0.6) is 5.75 Å². The van der Waals surface area contributed by atoms with Crippen LogP contribution in [-0.2, 0) is 30.7 Å². The van der Waals surface area contributed by atoms with Crippen molar-refractivity contribution >= 4 is 21.6 Å². The highest BCUT2D eigenvalue weighted by Gasteiger charge is 2.23. The highest BCUT2D eigenvalue weighted by molar-refractivity contribution is 7.18. The summed E-state index contributed by atoms with van der Waals surface area (Å²) in [5, 5.41) is 10.2. The van der Waals surface area contributed by atoms with Crippen LogP contribution in [0.25, 0.3) is 21.6 Å². The molecule has 0 fully saturated rings. The highest BCUT2D eigenvalue weighted by Crippen LogP contribution is 2.33. The monoisotopic (exact) mass is 422 g/mol. The van der Waals surface area contributed by atoms with E-state index in [9.17, 15) is 14.3 Å². The lowest BCUT2D eigenvalue weighted by molar-refractivity contribution is 0.114. The first-order valence-electron chi connectivity index (χ1n) is 9.77. The Hall–Kier alpha value is -3.03. The van der Waals surface area contributed by atoms with E-state index in [1.807, 2.05) is 12.1 Å². The van der Waals surface area contributed by atoms with E-state index in [4.69, 9.17) is 9.72 Å². The average Bonchev–Trinajstić information content (AvgIpc) is 3.13. The number of halogens is 1. The Labute approximate surface area is 176 Å². The molecule has 0 amide bonds. The number of hydrogen-bond acceptors (Lipinski definition) is 5. The van der Waals surface area contributed by atoms with Gasteiger partial charge in [-0.1, -0.05) is 12.1 Å². The summed E-state index contributed by atoms with van der Waals surface area (Å²) < 4.78 is 20.7. The van der Waals surface area contributed by atoms with Crippen LogP contribution >= 0.6 is 11.3 Å². The maximum absolute atomic E-state index is 13.6. The molecule has 0 atom stereocenters. The number of rotatable bonds is 4. The van der Waals surface area contributed by atoms with Gasteiger partial charge in [0.05, 0.1) is 18.6 Å². The lowest BCUT2D eigenvalue weighted by Crippen LogP contribution is -2.25. The number of ether oxygens (including phenoxy) is 1. The first-order valence-corrected chi connectivity index (χ1v) is 10.6. The van der Waals surface area contributed by atoms with Crippen molar-refractivity contribution in [2.24, 2.45) is 0 Å². The van der Waals surface area contributed by atoms with Crippen LogP contribution in [0, 0.1) is 5.82 Å². The van der Waals surface area contributed by atoms with Gasteiger partial charge in [0.15, 0.2) is 0 Å². The predicted molar refractivity (Wildman–Crippen MR) is 114 cm³/mol. The first kappa shape index (κ1) is 19.0. The minimum absolute atomic E-state index is 0.0718. The molecule has 2 aromatic heterocycles. The van der Waals surface area contributed by atoms with Gasteiger partial charge in [-0.3, -0.25) is 9.36 Å². The fraction of sp³-hybridized carbons (Fsp3) is 0.217. The number of aromatic nitrogens is 2. The number of nitrogens with zero attached hydrogens (tertiary/aromatic N) is 2. The van der Waals surface area contributed by atoms with E-state index in [1.165, 1.54) is 23.5 Å². The molecule has 0 aliphatic carbocycles. The van der Waals surface area contributed by atoms with Crippen molar-refractivity contribution in [2.75, 3.05) is 6.61 Å². The average molecular weight is 422 g/mol. The van der Waals surface area contributed by atoms with Crippen molar-refractivity contribution in [3.63, 3.8) is 0 Å². The van der Waals surface area contributed by atoms with Gasteiger partial charge in [0.2, 0.25) is 0 Å². The molecule has 0 radical (unpaired) electrons. The Morgan fingerprint density at radius 3 is 2.67 bits per heavy atom. The third-order valence-corrected chi connectivity index (χ3v) is 6.49. The van der Waals surface area contributed by atoms with Gasteiger partial charge in [-0.25, -0.2) is 9.37 Å². The lowest BCUT2D eigenvalue weighted by atomic mass is 10.1. The van der Waals surface area contributed by atoms with Gasteiger partial charge >= 0.3 is 0 Å². The van der Waals surface area contributed by atoms with E-state index in [2.05, 4.69) is 0 Å². The molecule has 1 N–H and O–H groups in total. The number of aryl methyl sites for hydroxylation is 1. The molecule has 7 heteroatoms. The maximum Gasteiger partial charge on any atom is 0.262 e. The Bertz CT molecular complexity index is 1280. The number of aromatic hydroxyl groups is 1. The Morgan fingerprint density at radius 2 is 1.90 bits per heavy atom. The predicted octanol–water partition coefficient (Wildman–Crippen LogP) is 4.29. The molecule has 4 aromatic rings. The summed E-state index contributed by atoms with van der Waals surface area (Å²) in [5.41, 5.74) is 2.68. The van der Waals surface area contributed by atoms with Crippen molar-refractivity contribution in [1.82, 2.24) is 9.55 Å². The zero-order chi connectivity index (χ0) is 20.7. The van der Waals surface area contributed by atoms with Crippen LogP contribution in [0.2, 0.25) is 0 Å². The second-order valence-electron chi connectivity index (χ2n) is 7.30. The summed E-state index contributed by atoms with van der Waals surface area (Å²) in [6.45, 7) is 1.54. The summed E-state index contributed by atoms with van der Waals surface area (Å²) in [6, 6.07) is 13.0. The van der Waals surface area contributed by atoms with Gasteiger partial charge in [-0.05, 0) is 60.4 Å². The van der Waals surface area contributed by atoms with E-state index in [-0.39, 0.29) is 17.1 Å². The minimum Gasteiger partial charge on any atom is -0.508 e.